The first-order valence-electron chi connectivity index (χ1n) is 8.59. The van der Waals surface area contributed by atoms with Crippen molar-refractivity contribution in [3.63, 3.8) is 0 Å². The number of hydrogen-bond acceptors (Lipinski definition) is 6. The van der Waals surface area contributed by atoms with Gasteiger partial charge in [-0.3, -0.25) is 0 Å². The van der Waals surface area contributed by atoms with Crippen molar-refractivity contribution in [1.29, 1.82) is 0 Å². The molecule has 0 saturated heterocycles. The van der Waals surface area contributed by atoms with E-state index in [9.17, 15) is 0 Å². The molecule has 5 N–H and O–H groups in total. The smallest absolute Gasteiger partial charge is 0.150 e. The molecule has 0 radical (unpaired) electrons. The first-order chi connectivity index (χ1) is 12.2. The van der Waals surface area contributed by atoms with Gasteiger partial charge >= 0.3 is 0 Å². The molecule has 0 fully saturated rings. The van der Waals surface area contributed by atoms with Gasteiger partial charge in [0.25, 0.3) is 0 Å². The third kappa shape index (κ3) is 4.07. The summed E-state index contributed by atoms with van der Waals surface area (Å²) in [6.45, 7) is 5.09. The summed E-state index contributed by atoms with van der Waals surface area (Å²) < 4.78 is 11.2. The summed E-state index contributed by atoms with van der Waals surface area (Å²) in [7, 11) is 0. The minimum atomic E-state index is 0.278. The molecule has 0 spiro atoms. The molecule has 0 bridgehead atoms. The molecule has 25 heavy (non-hydrogen) atoms. The number of H-pyrrole nitrogens is 1. The Kier molecular flexibility index (Phi) is 5.80. The maximum absolute atomic E-state index is 5.98. The van der Waals surface area contributed by atoms with Crippen LogP contribution in [0.1, 0.15) is 12.5 Å². The predicted molar refractivity (Wildman–Crippen MR) is 99.4 cm³/mol. The molecule has 2 aromatic heterocycles. The highest BCUT2D eigenvalue weighted by Gasteiger charge is 2.13. The fourth-order valence-electron chi connectivity index (χ4n) is 2.99. The molecule has 3 aromatic rings. The molecule has 1 atom stereocenters. The molecule has 0 aliphatic heterocycles. The van der Waals surface area contributed by atoms with Crippen LogP contribution in [-0.4, -0.2) is 47.9 Å². The van der Waals surface area contributed by atoms with Gasteiger partial charge in [-0.25, -0.2) is 9.97 Å². The molecule has 1 aromatic carbocycles. The number of benzene rings is 1. The normalized spacial score (nSPS) is 12.9. The Balaban J connectivity index is 1.85. The molecular weight excluding hydrogens is 318 g/mol. The minimum Gasteiger partial charge on any atom is -0.382 e. The SMILES string of the molecule is CCOCC(COCCN)Cc1ccc2nc(N)c3[nH]cnc3c2c1. The largest absolute Gasteiger partial charge is 0.382 e. The van der Waals surface area contributed by atoms with Crippen LogP contribution >= 0.6 is 0 Å². The summed E-state index contributed by atoms with van der Waals surface area (Å²) in [5, 5.41) is 1.00. The highest BCUT2D eigenvalue weighted by atomic mass is 16.5. The zero-order valence-corrected chi connectivity index (χ0v) is 14.5. The third-order valence-corrected chi connectivity index (χ3v) is 4.15. The molecular formula is C18H25N5O2. The Morgan fingerprint density at radius 2 is 2.08 bits per heavy atom. The summed E-state index contributed by atoms with van der Waals surface area (Å²) in [4.78, 5) is 11.9. The van der Waals surface area contributed by atoms with Crippen LogP contribution in [0.5, 0.6) is 0 Å². The van der Waals surface area contributed by atoms with Crippen molar-refractivity contribution in [2.75, 3.05) is 38.7 Å². The third-order valence-electron chi connectivity index (χ3n) is 4.15. The topological polar surface area (TPSA) is 112 Å². The number of nitrogen functional groups attached to an aromatic ring is 1. The predicted octanol–water partition coefficient (Wildman–Crippen LogP) is 1.86. The lowest BCUT2D eigenvalue weighted by atomic mass is 9.99. The van der Waals surface area contributed by atoms with E-state index in [1.54, 1.807) is 6.33 Å². The fourth-order valence-corrected chi connectivity index (χ4v) is 2.99. The van der Waals surface area contributed by atoms with Gasteiger partial charge in [0.2, 0.25) is 0 Å². The maximum Gasteiger partial charge on any atom is 0.150 e. The van der Waals surface area contributed by atoms with Gasteiger partial charge in [0.15, 0.2) is 0 Å². The highest BCUT2D eigenvalue weighted by Crippen LogP contribution is 2.26. The molecule has 7 heteroatoms. The van der Waals surface area contributed by atoms with E-state index in [2.05, 4.69) is 27.1 Å². The Labute approximate surface area is 146 Å². The van der Waals surface area contributed by atoms with Gasteiger partial charge in [-0.05, 0) is 31.0 Å². The van der Waals surface area contributed by atoms with Crippen LogP contribution in [-0.2, 0) is 15.9 Å². The maximum atomic E-state index is 5.98. The lowest BCUT2D eigenvalue weighted by Gasteiger charge is -2.17. The number of anilines is 1. The number of hydrogen-bond donors (Lipinski definition) is 3. The van der Waals surface area contributed by atoms with Gasteiger partial charge in [0.05, 0.1) is 31.7 Å². The van der Waals surface area contributed by atoms with Gasteiger partial charge in [-0.15, -0.1) is 0 Å². The second kappa shape index (κ2) is 8.24. The molecule has 0 aliphatic rings. The highest BCUT2D eigenvalue weighted by molar-refractivity contribution is 6.06. The summed E-state index contributed by atoms with van der Waals surface area (Å²) >= 11 is 0. The second-order valence-electron chi connectivity index (χ2n) is 6.07. The number of imidazole rings is 1. The van der Waals surface area contributed by atoms with E-state index in [-0.39, 0.29) is 5.92 Å². The Bertz CT molecular complexity index is 833. The van der Waals surface area contributed by atoms with Crippen molar-refractivity contribution in [3.05, 3.63) is 30.1 Å². The van der Waals surface area contributed by atoms with Crippen LogP contribution in [0, 0.1) is 5.92 Å². The van der Waals surface area contributed by atoms with E-state index in [1.165, 1.54) is 5.56 Å². The van der Waals surface area contributed by atoms with Crippen LogP contribution in [0.2, 0.25) is 0 Å². The van der Waals surface area contributed by atoms with Crippen molar-refractivity contribution < 1.29 is 9.47 Å². The molecule has 0 saturated carbocycles. The average Bonchev–Trinajstić information content (AvgIpc) is 3.11. The quantitative estimate of drug-likeness (QED) is 0.511. The summed E-state index contributed by atoms with van der Waals surface area (Å²) in [6, 6.07) is 6.20. The molecule has 0 amide bonds. The van der Waals surface area contributed by atoms with E-state index in [0.29, 0.717) is 38.8 Å². The Morgan fingerprint density at radius 1 is 1.24 bits per heavy atom. The zero-order valence-electron chi connectivity index (χ0n) is 14.5. The summed E-state index contributed by atoms with van der Waals surface area (Å²) in [5.41, 5.74) is 15.2. The summed E-state index contributed by atoms with van der Waals surface area (Å²) in [5.74, 6) is 0.748. The van der Waals surface area contributed by atoms with Crippen molar-refractivity contribution in [3.8, 4) is 0 Å². The van der Waals surface area contributed by atoms with Gasteiger partial charge in [0, 0.05) is 24.5 Å². The summed E-state index contributed by atoms with van der Waals surface area (Å²) in [6.07, 6.45) is 2.50. The number of nitrogens with one attached hydrogen (secondary N) is 1. The van der Waals surface area contributed by atoms with E-state index in [1.807, 2.05) is 13.0 Å². The fraction of sp³-hybridized carbons (Fsp3) is 0.444. The lowest BCUT2D eigenvalue weighted by molar-refractivity contribution is 0.0463. The van der Waals surface area contributed by atoms with Crippen molar-refractivity contribution in [2.24, 2.45) is 11.7 Å². The van der Waals surface area contributed by atoms with Gasteiger partial charge in [0.1, 0.15) is 16.9 Å². The van der Waals surface area contributed by atoms with Crippen LogP contribution in [0.3, 0.4) is 0 Å². The van der Waals surface area contributed by atoms with Crippen molar-refractivity contribution >= 4 is 27.8 Å². The van der Waals surface area contributed by atoms with E-state index in [4.69, 9.17) is 20.9 Å². The molecule has 1 unspecified atom stereocenters. The van der Waals surface area contributed by atoms with Crippen LogP contribution in [0.25, 0.3) is 21.9 Å². The van der Waals surface area contributed by atoms with Crippen LogP contribution < -0.4 is 11.5 Å². The molecule has 2 heterocycles. The second-order valence-corrected chi connectivity index (χ2v) is 6.07. The molecule has 0 aliphatic carbocycles. The Hall–Kier alpha value is -2.22. The monoisotopic (exact) mass is 343 g/mol. The van der Waals surface area contributed by atoms with Crippen LogP contribution in [0.4, 0.5) is 5.82 Å². The average molecular weight is 343 g/mol. The standard InChI is InChI=1S/C18H25N5O2/c1-2-24-9-13(10-25-6-5-19)7-12-3-4-15-14(8-12)16-17(18(20)23-15)22-11-21-16/h3-4,8,11,13H,2,5-7,9-10,19H2,1H3,(H2,20,23)(H,21,22). The number of ether oxygens (including phenoxy) is 2. The van der Waals surface area contributed by atoms with Gasteiger partial charge < -0.3 is 25.9 Å². The molecule has 134 valence electrons. The zero-order chi connectivity index (χ0) is 17.6. The molecule has 7 nitrogen and oxygen atoms in total. The lowest BCUT2D eigenvalue weighted by Crippen LogP contribution is -2.21. The van der Waals surface area contributed by atoms with E-state index in [0.717, 1.165) is 28.4 Å². The Morgan fingerprint density at radius 3 is 2.88 bits per heavy atom. The number of nitrogens with zero attached hydrogens (tertiary/aromatic N) is 2. The van der Waals surface area contributed by atoms with Gasteiger partial charge in [-0.1, -0.05) is 6.07 Å². The molecule has 3 rings (SSSR count). The first-order valence-corrected chi connectivity index (χ1v) is 8.59. The van der Waals surface area contributed by atoms with Gasteiger partial charge in [-0.2, -0.15) is 0 Å². The number of aromatic nitrogens is 3. The minimum absolute atomic E-state index is 0.278. The van der Waals surface area contributed by atoms with E-state index >= 15 is 0 Å². The number of aromatic amines is 1. The first kappa shape index (κ1) is 17.6. The van der Waals surface area contributed by atoms with E-state index < -0.39 is 0 Å². The number of fused-ring (bicyclic) bond motifs is 3. The number of nitrogens with two attached hydrogens (primary N) is 2. The number of rotatable bonds is 9. The number of pyridine rings is 1. The van der Waals surface area contributed by atoms with Crippen LogP contribution in [0.15, 0.2) is 24.5 Å². The van der Waals surface area contributed by atoms with Crippen molar-refractivity contribution in [1.82, 2.24) is 15.0 Å². The van der Waals surface area contributed by atoms with Crippen molar-refractivity contribution in [2.45, 2.75) is 13.3 Å².